The van der Waals surface area contributed by atoms with E-state index in [1.165, 1.54) is 0 Å². The normalized spacial score (nSPS) is 13.3. The van der Waals surface area contributed by atoms with Crippen LogP contribution in [0.1, 0.15) is 16.7 Å². The van der Waals surface area contributed by atoms with Crippen molar-refractivity contribution in [2.75, 3.05) is 6.61 Å². The standard InChI is InChI=1S/C11H8F6O/c12-10(13,14)8-4-7(2-1-3-18)5-9(6-8)11(15,16)17/h1-2,4-6,18H,3H2/b2-1-. The van der Waals surface area contributed by atoms with Gasteiger partial charge >= 0.3 is 12.4 Å². The van der Waals surface area contributed by atoms with E-state index in [-0.39, 0.29) is 11.6 Å². The van der Waals surface area contributed by atoms with Crippen molar-refractivity contribution >= 4 is 6.08 Å². The summed E-state index contributed by atoms with van der Waals surface area (Å²) in [6.45, 7) is -0.475. The number of aliphatic hydroxyl groups is 1. The molecule has 0 aliphatic carbocycles. The first-order valence-corrected chi connectivity index (χ1v) is 4.71. The average molecular weight is 270 g/mol. The Balaban J connectivity index is 3.34. The van der Waals surface area contributed by atoms with Crippen molar-refractivity contribution in [3.05, 3.63) is 41.0 Å². The van der Waals surface area contributed by atoms with Gasteiger partial charge in [0, 0.05) is 0 Å². The summed E-state index contributed by atoms with van der Waals surface area (Å²) in [5.41, 5.74) is -3.03. The molecule has 18 heavy (non-hydrogen) atoms. The number of alkyl halides is 6. The summed E-state index contributed by atoms with van der Waals surface area (Å²) in [4.78, 5) is 0. The first-order chi connectivity index (χ1) is 8.14. The second-order valence-electron chi connectivity index (χ2n) is 3.42. The van der Waals surface area contributed by atoms with Crippen LogP contribution in [0.2, 0.25) is 0 Å². The number of benzene rings is 1. The topological polar surface area (TPSA) is 20.2 Å². The Hall–Kier alpha value is -1.50. The van der Waals surface area contributed by atoms with Crippen molar-refractivity contribution in [2.24, 2.45) is 0 Å². The van der Waals surface area contributed by atoms with E-state index < -0.39 is 30.1 Å². The maximum absolute atomic E-state index is 12.4. The molecule has 0 aliphatic rings. The van der Waals surface area contributed by atoms with Crippen molar-refractivity contribution in [2.45, 2.75) is 12.4 Å². The Morgan fingerprint density at radius 2 is 1.33 bits per heavy atom. The summed E-state index contributed by atoms with van der Waals surface area (Å²) in [5.74, 6) is 0. The maximum Gasteiger partial charge on any atom is 0.416 e. The van der Waals surface area contributed by atoms with E-state index in [1.54, 1.807) is 0 Å². The van der Waals surface area contributed by atoms with E-state index in [9.17, 15) is 26.3 Å². The fourth-order valence-corrected chi connectivity index (χ4v) is 1.26. The third-order valence-corrected chi connectivity index (χ3v) is 2.03. The molecule has 0 unspecified atom stereocenters. The minimum Gasteiger partial charge on any atom is -0.392 e. The van der Waals surface area contributed by atoms with Gasteiger partial charge < -0.3 is 5.11 Å². The number of aliphatic hydroxyl groups excluding tert-OH is 1. The van der Waals surface area contributed by atoms with Gasteiger partial charge in [-0.25, -0.2) is 0 Å². The van der Waals surface area contributed by atoms with Crippen LogP contribution in [0, 0.1) is 0 Å². The molecule has 1 aromatic carbocycles. The highest BCUT2D eigenvalue weighted by Gasteiger charge is 2.36. The van der Waals surface area contributed by atoms with Crippen molar-refractivity contribution in [3.63, 3.8) is 0 Å². The highest BCUT2D eigenvalue weighted by Crippen LogP contribution is 2.36. The van der Waals surface area contributed by atoms with Crippen molar-refractivity contribution in [1.82, 2.24) is 0 Å². The third-order valence-electron chi connectivity index (χ3n) is 2.03. The Morgan fingerprint density at radius 1 is 0.889 bits per heavy atom. The molecule has 1 rings (SSSR count). The summed E-state index contributed by atoms with van der Waals surface area (Å²) in [6, 6.07) is 1.22. The molecule has 0 spiro atoms. The molecule has 1 nitrogen and oxygen atoms in total. The van der Waals surface area contributed by atoms with Crippen LogP contribution < -0.4 is 0 Å². The van der Waals surface area contributed by atoms with Crippen LogP contribution in [0.15, 0.2) is 24.3 Å². The van der Waals surface area contributed by atoms with Gasteiger partial charge in [-0.1, -0.05) is 12.2 Å². The summed E-state index contributed by atoms with van der Waals surface area (Å²) in [7, 11) is 0. The second kappa shape index (κ2) is 5.01. The van der Waals surface area contributed by atoms with E-state index in [1.807, 2.05) is 0 Å². The quantitative estimate of drug-likeness (QED) is 0.812. The smallest absolute Gasteiger partial charge is 0.392 e. The van der Waals surface area contributed by atoms with E-state index in [2.05, 4.69) is 0 Å². The molecule has 0 bridgehead atoms. The predicted molar refractivity (Wildman–Crippen MR) is 52.6 cm³/mol. The second-order valence-corrected chi connectivity index (χ2v) is 3.42. The maximum atomic E-state index is 12.4. The lowest BCUT2D eigenvalue weighted by atomic mass is 10.0. The summed E-state index contributed by atoms with van der Waals surface area (Å²) in [5, 5.41) is 8.45. The molecule has 100 valence electrons. The molecular formula is C11H8F6O. The minimum atomic E-state index is -4.86. The Kier molecular flexibility index (Phi) is 4.05. The molecule has 0 saturated heterocycles. The van der Waals surface area contributed by atoms with Crippen molar-refractivity contribution < 1.29 is 31.4 Å². The molecule has 0 amide bonds. The van der Waals surface area contributed by atoms with Crippen LogP contribution in [0.5, 0.6) is 0 Å². The van der Waals surface area contributed by atoms with Gasteiger partial charge in [-0.2, -0.15) is 26.3 Å². The predicted octanol–water partition coefficient (Wildman–Crippen LogP) is 3.73. The highest BCUT2D eigenvalue weighted by molar-refractivity contribution is 5.53. The van der Waals surface area contributed by atoms with Gasteiger partial charge in [0.05, 0.1) is 17.7 Å². The third kappa shape index (κ3) is 3.76. The lowest BCUT2D eigenvalue weighted by molar-refractivity contribution is -0.143. The van der Waals surface area contributed by atoms with Crippen LogP contribution in [-0.2, 0) is 12.4 Å². The molecule has 7 heteroatoms. The van der Waals surface area contributed by atoms with E-state index >= 15 is 0 Å². The summed E-state index contributed by atoms with van der Waals surface area (Å²) in [6.07, 6.45) is -7.67. The Labute approximate surface area is 98.4 Å². The molecule has 0 aromatic heterocycles. The van der Waals surface area contributed by atoms with Gasteiger partial charge in [0.2, 0.25) is 0 Å². The van der Waals surface area contributed by atoms with Gasteiger partial charge in [0.15, 0.2) is 0 Å². The molecule has 0 atom stereocenters. The lowest BCUT2D eigenvalue weighted by Gasteiger charge is -2.12. The molecular weight excluding hydrogens is 262 g/mol. The largest absolute Gasteiger partial charge is 0.416 e. The van der Waals surface area contributed by atoms with Gasteiger partial charge in [-0.3, -0.25) is 0 Å². The fraction of sp³-hybridized carbons (Fsp3) is 0.273. The number of hydrogen-bond donors (Lipinski definition) is 1. The summed E-state index contributed by atoms with van der Waals surface area (Å²) >= 11 is 0. The zero-order valence-electron chi connectivity index (χ0n) is 8.81. The first-order valence-electron chi connectivity index (χ1n) is 4.71. The Morgan fingerprint density at radius 3 is 1.67 bits per heavy atom. The van der Waals surface area contributed by atoms with E-state index in [0.29, 0.717) is 12.1 Å². The molecule has 1 N–H and O–H groups in total. The van der Waals surface area contributed by atoms with Gasteiger partial charge in [-0.15, -0.1) is 0 Å². The lowest BCUT2D eigenvalue weighted by Crippen LogP contribution is -2.11. The SMILES string of the molecule is OC/C=C\c1cc(C(F)(F)F)cc(C(F)(F)F)c1. The molecule has 0 radical (unpaired) electrons. The molecule has 1 aromatic rings. The number of rotatable bonds is 2. The average Bonchev–Trinajstić information content (AvgIpc) is 2.23. The van der Waals surface area contributed by atoms with Crippen LogP contribution in [-0.4, -0.2) is 11.7 Å². The first kappa shape index (κ1) is 14.6. The molecule has 0 fully saturated rings. The van der Waals surface area contributed by atoms with Crippen molar-refractivity contribution in [1.29, 1.82) is 0 Å². The van der Waals surface area contributed by atoms with Crippen molar-refractivity contribution in [3.8, 4) is 0 Å². The number of halogens is 6. The Bertz CT molecular complexity index is 412. The van der Waals surface area contributed by atoms with Crippen LogP contribution in [0.3, 0.4) is 0 Å². The van der Waals surface area contributed by atoms with E-state index in [0.717, 1.165) is 12.2 Å². The molecule has 0 heterocycles. The van der Waals surface area contributed by atoms with Gasteiger partial charge in [-0.05, 0) is 23.8 Å². The van der Waals surface area contributed by atoms with Crippen LogP contribution in [0.4, 0.5) is 26.3 Å². The minimum absolute atomic E-state index is 0.0519. The van der Waals surface area contributed by atoms with Gasteiger partial charge in [0.25, 0.3) is 0 Å². The van der Waals surface area contributed by atoms with Crippen LogP contribution >= 0.6 is 0 Å². The zero-order valence-corrected chi connectivity index (χ0v) is 8.81. The molecule has 0 saturated carbocycles. The zero-order chi connectivity index (χ0) is 14.0. The van der Waals surface area contributed by atoms with Gasteiger partial charge in [0.1, 0.15) is 0 Å². The highest BCUT2D eigenvalue weighted by atomic mass is 19.4. The van der Waals surface area contributed by atoms with Crippen LogP contribution in [0.25, 0.3) is 6.08 Å². The van der Waals surface area contributed by atoms with E-state index in [4.69, 9.17) is 5.11 Å². The number of hydrogen-bond acceptors (Lipinski definition) is 1. The monoisotopic (exact) mass is 270 g/mol. The summed E-state index contributed by atoms with van der Waals surface area (Å²) < 4.78 is 74.5. The fourth-order valence-electron chi connectivity index (χ4n) is 1.26. The molecule has 0 aliphatic heterocycles.